The fourth-order valence-electron chi connectivity index (χ4n) is 3.30. The Morgan fingerprint density at radius 3 is 2.52 bits per heavy atom. The molecule has 7 heteroatoms. The SMILES string of the molecule is COc1ccc(S(=O)(=O)N2CCc3ccc(NC(=O)C4CC4)cc3C2)cc1. The lowest BCUT2D eigenvalue weighted by molar-refractivity contribution is -0.117. The van der Waals surface area contributed by atoms with Crippen LogP contribution in [0.25, 0.3) is 0 Å². The van der Waals surface area contributed by atoms with Crippen LogP contribution in [0.5, 0.6) is 5.75 Å². The number of amides is 1. The topological polar surface area (TPSA) is 75.7 Å². The number of nitrogens with zero attached hydrogens (tertiary/aromatic N) is 1. The lowest BCUT2D eigenvalue weighted by Gasteiger charge is -2.28. The van der Waals surface area contributed by atoms with Crippen LogP contribution < -0.4 is 10.1 Å². The van der Waals surface area contributed by atoms with Gasteiger partial charge in [-0.15, -0.1) is 0 Å². The number of fused-ring (bicyclic) bond motifs is 1. The first-order chi connectivity index (χ1) is 13.0. The maximum atomic E-state index is 13.0. The molecular weight excluding hydrogens is 364 g/mol. The molecule has 1 amide bonds. The van der Waals surface area contributed by atoms with Crippen molar-refractivity contribution >= 4 is 21.6 Å². The van der Waals surface area contributed by atoms with Crippen LogP contribution in [0.1, 0.15) is 24.0 Å². The van der Waals surface area contributed by atoms with E-state index in [2.05, 4.69) is 5.32 Å². The largest absolute Gasteiger partial charge is 0.497 e. The molecule has 1 heterocycles. The number of hydrogen-bond acceptors (Lipinski definition) is 4. The van der Waals surface area contributed by atoms with Crippen molar-refractivity contribution in [2.45, 2.75) is 30.7 Å². The maximum Gasteiger partial charge on any atom is 0.243 e. The second kappa shape index (κ2) is 6.98. The summed E-state index contributed by atoms with van der Waals surface area (Å²) in [6.07, 6.45) is 2.55. The third kappa shape index (κ3) is 3.70. The van der Waals surface area contributed by atoms with Gasteiger partial charge in [-0.25, -0.2) is 8.42 Å². The zero-order chi connectivity index (χ0) is 19.0. The van der Waals surface area contributed by atoms with Crippen molar-refractivity contribution in [2.75, 3.05) is 19.0 Å². The Kier molecular flexibility index (Phi) is 4.65. The summed E-state index contributed by atoms with van der Waals surface area (Å²) in [6.45, 7) is 0.742. The van der Waals surface area contributed by atoms with Crippen LogP contribution in [-0.2, 0) is 27.8 Å². The summed E-state index contributed by atoms with van der Waals surface area (Å²) < 4.78 is 32.5. The third-order valence-electron chi connectivity index (χ3n) is 5.10. The highest BCUT2D eigenvalue weighted by Crippen LogP contribution is 2.31. The molecule has 0 aromatic heterocycles. The van der Waals surface area contributed by atoms with E-state index in [0.717, 1.165) is 29.7 Å². The van der Waals surface area contributed by atoms with Gasteiger partial charge in [0, 0.05) is 24.7 Å². The summed E-state index contributed by atoms with van der Waals surface area (Å²) in [7, 11) is -2.03. The van der Waals surface area contributed by atoms with Gasteiger partial charge in [0.1, 0.15) is 5.75 Å². The van der Waals surface area contributed by atoms with Crippen molar-refractivity contribution in [1.29, 1.82) is 0 Å². The summed E-state index contributed by atoms with van der Waals surface area (Å²) >= 11 is 0. The van der Waals surface area contributed by atoms with Gasteiger partial charge in [-0.05, 0) is 66.8 Å². The minimum atomic E-state index is -3.58. The molecule has 2 aliphatic rings. The van der Waals surface area contributed by atoms with Crippen LogP contribution in [0.15, 0.2) is 47.4 Å². The summed E-state index contributed by atoms with van der Waals surface area (Å²) in [5.41, 5.74) is 2.79. The molecule has 27 heavy (non-hydrogen) atoms. The fourth-order valence-corrected chi connectivity index (χ4v) is 4.72. The van der Waals surface area contributed by atoms with E-state index in [1.54, 1.807) is 31.4 Å². The molecule has 0 unspecified atom stereocenters. The lowest BCUT2D eigenvalue weighted by Crippen LogP contribution is -2.36. The number of nitrogens with one attached hydrogen (secondary N) is 1. The molecule has 1 aliphatic carbocycles. The van der Waals surface area contributed by atoms with Crippen molar-refractivity contribution in [3.05, 3.63) is 53.6 Å². The Morgan fingerprint density at radius 1 is 1.11 bits per heavy atom. The van der Waals surface area contributed by atoms with Crippen LogP contribution in [0.3, 0.4) is 0 Å². The monoisotopic (exact) mass is 386 g/mol. The first kappa shape index (κ1) is 18.0. The highest BCUT2D eigenvalue weighted by atomic mass is 32.2. The Balaban J connectivity index is 1.54. The van der Waals surface area contributed by atoms with Crippen molar-refractivity contribution in [1.82, 2.24) is 4.31 Å². The van der Waals surface area contributed by atoms with E-state index in [1.165, 1.54) is 4.31 Å². The highest BCUT2D eigenvalue weighted by Gasteiger charge is 2.31. The first-order valence-corrected chi connectivity index (χ1v) is 10.5. The number of sulfonamides is 1. The quantitative estimate of drug-likeness (QED) is 0.857. The molecule has 0 radical (unpaired) electrons. The number of methoxy groups -OCH3 is 1. The van der Waals surface area contributed by atoms with Crippen LogP contribution in [0.4, 0.5) is 5.69 Å². The number of carbonyl (C=O) groups is 1. The molecule has 0 spiro atoms. The van der Waals surface area contributed by atoms with E-state index in [-0.39, 0.29) is 16.7 Å². The van der Waals surface area contributed by atoms with Gasteiger partial charge in [-0.2, -0.15) is 4.31 Å². The first-order valence-electron chi connectivity index (χ1n) is 9.04. The van der Waals surface area contributed by atoms with Crippen LogP contribution in [0, 0.1) is 5.92 Å². The number of carbonyl (C=O) groups excluding carboxylic acids is 1. The third-order valence-corrected chi connectivity index (χ3v) is 6.96. The molecule has 142 valence electrons. The molecule has 1 N–H and O–H groups in total. The Labute approximate surface area is 159 Å². The Morgan fingerprint density at radius 2 is 1.85 bits per heavy atom. The highest BCUT2D eigenvalue weighted by molar-refractivity contribution is 7.89. The van der Waals surface area contributed by atoms with Crippen molar-refractivity contribution < 1.29 is 17.9 Å². The van der Waals surface area contributed by atoms with E-state index >= 15 is 0 Å². The summed E-state index contributed by atoms with van der Waals surface area (Å²) in [6, 6.07) is 12.2. The number of hydrogen-bond donors (Lipinski definition) is 1. The van der Waals surface area contributed by atoms with E-state index in [9.17, 15) is 13.2 Å². The fraction of sp³-hybridized carbons (Fsp3) is 0.350. The molecule has 1 aliphatic heterocycles. The van der Waals surface area contributed by atoms with Crippen LogP contribution >= 0.6 is 0 Å². The molecule has 4 rings (SSSR count). The standard InChI is InChI=1S/C20H22N2O4S/c1-26-18-6-8-19(9-7-18)27(24,25)22-11-10-14-4-5-17(12-16(14)13-22)21-20(23)15-2-3-15/h4-9,12,15H,2-3,10-11,13H2,1H3,(H,21,23). The van der Waals surface area contributed by atoms with Crippen LogP contribution in [0.2, 0.25) is 0 Å². The Bertz CT molecular complexity index is 966. The zero-order valence-corrected chi connectivity index (χ0v) is 16.0. The maximum absolute atomic E-state index is 13.0. The van der Waals surface area contributed by atoms with Gasteiger partial charge < -0.3 is 10.1 Å². The van der Waals surface area contributed by atoms with Crippen molar-refractivity contribution in [3.8, 4) is 5.75 Å². The minimum absolute atomic E-state index is 0.0495. The van der Waals surface area contributed by atoms with E-state index < -0.39 is 10.0 Å². The second-order valence-electron chi connectivity index (χ2n) is 7.01. The van der Waals surface area contributed by atoms with Gasteiger partial charge in [0.2, 0.25) is 15.9 Å². The molecular formula is C20H22N2O4S. The van der Waals surface area contributed by atoms with Gasteiger partial charge in [0.25, 0.3) is 0 Å². The van der Waals surface area contributed by atoms with Gasteiger partial charge >= 0.3 is 0 Å². The van der Waals surface area contributed by atoms with Gasteiger partial charge in [0.15, 0.2) is 0 Å². The zero-order valence-electron chi connectivity index (χ0n) is 15.1. The number of ether oxygens (including phenoxy) is 1. The van der Waals surface area contributed by atoms with Gasteiger partial charge in [-0.1, -0.05) is 6.07 Å². The average molecular weight is 386 g/mol. The molecule has 1 saturated carbocycles. The van der Waals surface area contributed by atoms with Crippen molar-refractivity contribution in [2.24, 2.45) is 5.92 Å². The summed E-state index contributed by atoms with van der Waals surface area (Å²) in [5.74, 6) is 0.801. The predicted octanol–water partition coefficient (Wildman–Crippen LogP) is 2.79. The smallest absolute Gasteiger partial charge is 0.243 e. The number of benzene rings is 2. The molecule has 0 atom stereocenters. The number of rotatable bonds is 5. The molecule has 2 aromatic rings. The van der Waals surface area contributed by atoms with E-state index in [4.69, 9.17) is 4.74 Å². The molecule has 2 aromatic carbocycles. The van der Waals surface area contributed by atoms with E-state index in [0.29, 0.717) is 25.3 Å². The molecule has 0 bridgehead atoms. The van der Waals surface area contributed by atoms with Gasteiger partial charge in [0.05, 0.1) is 12.0 Å². The molecule has 6 nitrogen and oxygen atoms in total. The predicted molar refractivity (Wildman–Crippen MR) is 102 cm³/mol. The Hall–Kier alpha value is -2.38. The average Bonchev–Trinajstić information content (AvgIpc) is 3.53. The van der Waals surface area contributed by atoms with Crippen LogP contribution in [-0.4, -0.2) is 32.3 Å². The van der Waals surface area contributed by atoms with Gasteiger partial charge in [-0.3, -0.25) is 4.79 Å². The van der Waals surface area contributed by atoms with Crippen molar-refractivity contribution in [3.63, 3.8) is 0 Å². The minimum Gasteiger partial charge on any atom is -0.497 e. The van der Waals surface area contributed by atoms with E-state index in [1.807, 2.05) is 18.2 Å². The normalized spacial score (nSPS) is 17.2. The molecule has 0 saturated heterocycles. The molecule has 1 fully saturated rings. The number of anilines is 1. The second-order valence-corrected chi connectivity index (χ2v) is 8.95. The lowest BCUT2D eigenvalue weighted by atomic mass is 10.0. The summed E-state index contributed by atoms with van der Waals surface area (Å²) in [4.78, 5) is 12.2. The summed E-state index contributed by atoms with van der Waals surface area (Å²) in [5, 5.41) is 2.93.